The Balaban J connectivity index is -0.0000000450. The van der Waals surface area contributed by atoms with Gasteiger partial charge >= 0.3 is 54.0 Å². The van der Waals surface area contributed by atoms with Crippen LogP contribution in [-0.2, 0) is 0 Å². The van der Waals surface area contributed by atoms with Gasteiger partial charge in [-0.2, -0.15) is 0 Å². The molecular formula is BNaO3Sb+. The molecule has 0 heterocycles. The predicted molar refractivity (Wildman–Crippen MR) is 11.5 cm³/mol. The minimum Gasteiger partial charge on any atom is -0.907 e. The van der Waals surface area contributed by atoms with Crippen LogP contribution < -0.4 is 44.6 Å². The van der Waals surface area contributed by atoms with Gasteiger partial charge in [0.25, 0.3) is 0 Å². The summed E-state index contributed by atoms with van der Waals surface area (Å²) in [4.78, 5) is 0. The fraction of sp³-hybridized carbons (Fsp3) is 0. The van der Waals surface area contributed by atoms with Crippen molar-refractivity contribution in [2.75, 3.05) is 0 Å². The Morgan fingerprint density at radius 2 is 1.00 bits per heavy atom. The van der Waals surface area contributed by atoms with E-state index in [1.54, 1.807) is 0 Å². The third kappa shape index (κ3) is 42.1. The molecule has 0 saturated carbocycles. The summed E-state index contributed by atoms with van der Waals surface area (Å²) in [5.74, 6) is 0. The summed E-state index contributed by atoms with van der Waals surface area (Å²) in [6, 6.07) is 0. The Kier molecular flexibility index (Phi) is 25.8. The molecule has 0 rings (SSSR count). The van der Waals surface area contributed by atoms with Gasteiger partial charge in [-0.05, 0) is 0 Å². The molecule has 6 heteroatoms. The molecule has 0 aromatic carbocycles. The van der Waals surface area contributed by atoms with Crippen molar-refractivity contribution in [1.29, 1.82) is 0 Å². The van der Waals surface area contributed by atoms with Crippen molar-refractivity contribution in [2.45, 2.75) is 0 Å². The summed E-state index contributed by atoms with van der Waals surface area (Å²) < 4.78 is 0. The fourth-order valence-corrected chi connectivity index (χ4v) is 0. The third-order valence-corrected chi connectivity index (χ3v) is 0. The van der Waals surface area contributed by atoms with Crippen LogP contribution in [-0.4, -0.2) is 31.7 Å². The second kappa shape index (κ2) is 9.90. The van der Waals surface area contributed by atoms with E-state index >= 15 is 0 Å². The second-order valence-electron chi connectivity index (χ2n) is 0.289. The molecular weight excluding hydrogens is 204 g/mol. The van der Waals surface area contributed by atoms with E-state index < -0.39 is 7.32 Å². The average molecular weight is 204 g/mol. The first-order valence-electron chi connectivity index (χ1n) is 0.707. The normalized spacial score (nSPS) is 4.50. The molecule has 26 valence electrons. The van der Waals surface area contributed by atoms with Gasteiger partial charge in [0.05, 0.1) is 0 Å². The second-order valence-corrected chi connectivity index (χ2v) is 0.289. The van der Waals surface area contributed by atoms with Gasteiger partial charge in [-0.15, -0.1) is 0 Å². The van der Waals surface area contributed by atoms with Gasteiger partial charge in [0.15, 0.2) is 0 Å². The van der Waals surface area contributed by atoms with E-state index in [1.165, 1.54) is 0 Å². The summed E-state index contributed by atoms with van der Waals surface area (Å²) in [7, 11) is -2.92. The Morgan fingerprint density at radius 3 is 1.00 bits per heavy atom. The molecule has 0 aliphatic carbocycles. The zero-order valence-electron chi connectivity index (χ0n) is 3.25. The molecule has 0 saturated heterocycles. The van der Waals surface area contributed by atoms with Crippen LogP contribution in [0.1, 0.15) is 0 Å². The zero-order chi connectivity index (χ0) is 3.58. The predicted octanol–water partition coefficient (Wildman–Crippen LogP) is -7.32. The molecule has 6 heavy (non-hydrogen) atoms. The molecule has 0 aromatic rings. The largest absolute Gasteiger partial charge is 3.00 e. The maximum atomic E-state index is 8.42. The topological polar surface area (TPSA) is 69.2 Å². The summed E-state index contributed by atoms with van der Waals surface area (Å²) in [6.07, 6.45) is 0. The molecule has 0 aliphatic rings. The Labute approximate surface area is 75.7 Å². The van der Waals surface area contributed by atoms with E-state index in [-0.39, 0.29) is 54.0 Å². The first kappa shape index (κ1) is 15.7. The number of hydrogen-bond donors (Lipinski definition) is 0. The summed E-state index contributed by atoms with van der Waals surface area (Å²) >= 11 is 0. The quantitative estimate of drug-likeness (QED) is 0.368. The molecule has 0 aliphatic heterocycles. The number of hydrogen-bond acceptors (Lipinski definition) is 3. The van der Waals surface area contributed by atoms with E-state index in [4.69, 9.17) is 15.1 Å². The van der Waals surface area contributed by atoms with E-state index in [0.29, 0.717) is 0 Å². The molecule has 0 amide bonds. The molecule has 3 nitrogen and oxygen atoms in total. The van der Waals surface area contributed by atoms with Crippen molar-refractivity contribution in [1.82, 2.24) is 0 Å². The minimum atomic E-state index is -2.92. The van der Waals surface area contributed by atoms with Crippen LogP contribution in [0.25, 0.3) is 0 Å². The maximum absolute atomic E-state index is 8.42. The summed E-state index contributed by atoms with van der Waals surface area (Å²) in [6.45, 7) is 0. The van der Waals surface area contributed by atoms with Crippen LogP contribution in [0.4, 0.5) is 0 Å². The van der Waals surface area contributed by atoms with Crippen molar-refractivity contribution >= 4 is 31.7 Å². The summed E-state index contributed by atoms with van der Waals surface area (Å²) in [5.41, 5.74) is 0. The molecule has 2 radical (unpaired) electrons. The molecule has 0 bridgehead atoms. The van der Waals surface area contributed by atoms with Gasteiger partial charge < -0.3 is 15.1 Å². The SMILES string of the molecule is [Na+].[O-]B([O-])[O-].[Sb+3]. The van der Waals surface area contributed by atoms with Gasteiger partial charge in [0, 0.05) is 0 Å². The Morgan fingerprint density at radius 1 is 1.00 bits per heavy atom. The van der Waals surface area contributed by atoms with E-state index in [0.717, 1.165) is 0 Å². The van der Waals surface area contributed by atoms with Gasteiger partial charge in [-0.25, -0.2) is 0 Å². The van der Waals surface area contributed by atoms with Gasteiger partial charge in [-0.1, -0.05) is 0 Å². The van der Waals surface area contributed by atoms with Gasteiger partial charge in [0.1, 0.15) is 0 Å². The minimum absolute atomic E-state index is 0. The van der Waals surface area contributed by atoms with Crippen molar-refractivity contribution in [3.8, 4) is 0 Å². The maximum Gasteiger partial charge on any atom is 3.00 e. The van der Waals surface area contributed by atoms with E-state index in [9.17, 15) is 0 Å². The average Bonchev–Trinajstić information content (AvgIpc) is 0.811. The summed E-state index contributed by atoms with van der Waals surface area (Å²) in [5, 5.41) is 25.2. The monoisotopic (exact) mass is 203 g/mol. The van der Waals surface area contributed by atoms with Gasteiger partial charge in [-0.3, -0.25) is 7.32 Å². The molecule has 0 aromatic heterocycles. The van der Waals surface area contributed by atoms with E-state index in [1.807, 2.05) is 0 Å². The molecule has 0 atom stereocenters. The smallest absolute Gasteiger partial charge is 0.907 e. The van der Waals surface area contributed by atoms with Crippen LogP contribution >= 0.6 is 0 Å². The van der Waals surface area contributed by atoms with Crippen LogP contribution in [0.5, 0.6) is 0 Å². The van der Waals surface area contributed by atoms with Crippen molar-refractivity contribution < 1.29 is 44.6 Å². The van der Waals surface area contributed by atoms with Crippen LogP contribution in [0.3, 0.4) is 0 Å². The molecule has 0 N–H and O–H groups in total. The Bertz CT molecular complexity index is 15.5. The van der Waals surface area contributed by atoms with Crippen LogP contribution in [0, 0.1) is 0 Å². The molecule has 0 unspecified atom stereocenters. The molecule has 0 fully saturated rings. The van der Waals surface area contributed by atoms with E-state index in [2.05, 4.69) is 0 Å². The first-order chi connectivity index (χ1) is 1.73. The first-order valence-corrected chi connectivity index (χ1v) is 0.707. The standard InChI is InChI=1S/BO3.Na.Sb/c2-1(3)4;;/q-3;+1;+3. The van der Waals surface area contributed by atoms with Crippen LogP contribution in [0.15, 0.2) is 0 Å². The molecule has 0 spiro atoms. The van der Waals surface area contributed by atoms with Crippen molar-refractivity contribution in [2.24, 2.45) is 0 Å². The third-order valence-electron chi connectivity index (χ3n) is 0. The number of rotatable bonds is 0. The van der Waals surface area contributed by atoms with Crippen LogP contribution in [0.2, 0.25) is 0 Å². The Hall–Kier alpha value is 1.76. The zero-order valence-corrected chi connectivity index (χ0v) is 7.80. The van der Waals surface area contributed by atoms with Crippen molar-refractivity contribution in [3.05, 3.63) is 0 Å². The van der Waals surface area contributed by atoms with Gasteiger partial charge in [0.2, 0.25) is 0 Å². The fourth-order valence-electron chi connectivity index (χ4n) is 0. The van der Waals surface area contributed by atoms with Crippen molar-refractivity contribution in [3.63, 3.8) is 0 Å².